The number of rotatable bonds is 4. The van der Waals surface area contributed by atoms with E-state index in [1.807, 2.05) is 6.08 Å². The Morgan fingerprint density at radius 2 is 1.96 bits per heavy atom. The molecule has 0 aromatic heterocycles. The van der Waals surface area contributed by atoms with Gasteiger partial charge in [-0.2, -0.15) is 0 Å². The zero-order valence-electron chi connectivity index (χ0n) is 14.8. The Balaban J connectivity index is 1.85. The van der Waals surface area contributed by atoms with Gasteiger partial charge in [0.05, 0.1) is 22.8 Å². The molecule has 4 nitrogen and oxygen atoms in total. The van der Waals surface area contributed by atoms with Gasteiger partial charge in [0.1, 0.15) is 0 Å². The first-order valence-corrected chi connectivity index (χ1v) is 8.77. The highest BCUT2D eigenvalue weighted by molar-refractivity contribution is 6.24. The Hall–Kier alpha value is -2.36. The first-order chi connectivity index (χ1) is 11.6. The van der Waals surface area contributed by atoms with Gasteiger partial charge in [-0.25, -0.2) is 4.99 Å². The van der Waals surface area contributed by atoms with E-state index in [2.05, 4.69) is 61.0 Å². The Morgan fingerprint density at radius 3 is 2.62 bits per heavy atom. The van der Waals surface area contributed by atoms with E-state index in [4.69, 9.17) is 10.7 Å². The van der Waals surface area contributed by atoms with Crippen LogP contribution in [0.25, 0.3) is 0 Å². The number of anilines is 1. The van der Waals surface area contributed by atoms with Gasteiger partial charge in [0, 0.05) is 24.8 Å². The number of allylic oxidation sites excluding steroid dienone is 3. The van der Waals surface area contributed by atoms with Crippen LogP contribution in [0.3, 0.4) is 0 Å². The molecule has 1 aliphatic heterocycles. The zero-order chi connectivity index (χ0) is 17.1. The first kappa shape index (κ1) is 16.5. The molecule has 24 heavy (non-hydrogen) atoms. The predicted molar refractivity (Wildman–Crippen MR) is 104 cm³/mol. The highest BCUT2D eigenvalue weighted by Crippen LogP contribution is 2.24. The molecular weight excluding hydrogens is 296 g/mol. The van der Waals surface area contributed by atoms with E-state index in [0.29, 0.717) is 11.7 Å². The highest BCUT2D eigenvalue weighted by atomic mass is 15.1. The van der Waals surface area contributed by atoms with Gasteiger partial charge in [0.15, 0.2) is 0 Å². The van der Waals surface area contributed by atoms with Crippen LogP contribution in [0.5, 0.6) is 0 Å². The Kier molecular flexibility index (Phi) is 4.84. The van der Waals surface area contributed by atoms with Crippen LogP contribution in [0, 0.1) is 0 Å². The van der Waals surface area contributed by atoms with Gasteiger partial charge < -0.3 is 10.6 Å². The Morgan fingerprint density at radius 1 is 1.21 bits per heavy atom. The molecule has 0 spiro atoms. The molecule has 1 aromatic rings. The molecule has 1 heterocycles. The van der Waals surface area contributed by atoms with Gasteiger partial charge in [0.2, 0.25) is 0 Å². The van der Waals surface area contributed by atoms with E-state index in [1.165, 1.54) is 11.3 Å². The second-order valence-corrected chi connectivity index (χ2v) is 6.53. The van der Waals surface area contributed by atoms with E-state index in [9.17, 15) is 0 Å². The van der Waals surface area contributed by atoms with Gasteiger partial charge in [-0.05, 0) is 75.6 Å². The normalized spacial score (nSPS) is 18.8. The smallest absolute Gasteiger partial charge is 0.0870 e. The van der Waals surface area contributed by atoms with E-state index in [0.717, 1.165) is 43.0 Å². The summed E-state index contributed by atoms with van der Waals surface area (Å²) in [6.07, 6.45) is 6.21. The number of aliphatic imine (C=N–C) groups is 2. The summed E-state index contributed by atoms with van der Waals surface area (Å²) in [6.45, 7) is 8.49. The summed E-state index contributed by atoms with van der Waals surface area (Å²) in [4.78, 5) is 11.6. The maximum atomic E-state index is 6.17. The molecule has 3 rings (SSSR count). The van der Waals surface area contributed by atoms with Crippen LogP contribution in [0.2, 0.25) is 0 Å². The molecule has 0 amide bonds. The monoisotopic (exact) mass is 322 g/mol. The number of nitrogens with zero attached hydrogens (tertiary/aromatic N) is 3. The third-order valence-electron chi connectivity index (χ3n) is 4.51. The summed E-state index contributed by atoms with van der Waals surface area (Å²) in [5, 5.41) is 0. The van der Waals surface area contributed by atoms with Crippen LogP contribution >= 0.6 is 0 Å². The summed E-state index contributed by atoms with van der Waals surface area (Å²) in [7, 11) is 0. The van der Waals surface area contributed by atoms with Crippen LogP contribution in [0.4, 0.5) is 11.4 Å². The molecule has 1 aliphatic carbocycles. The minimum absolute atomic E-state index is 0.484. The molecule has 0 atom stereocenters. The van der Waals surface area contributed by atoms with Crippen molar-refractivity contribution in [3.8, 4) is 0 Å². The lowest BCUT2D eigenvalue weighted by Gasteiger charge is -2.27. The number of hydrogen-bond acceptors (Lipinski definition) is 4. The van der Waals surface area contributed by atoms with E-state index in [-0.39, 0.29) is 0 Å². The molecule has 0 bridgehead atoms. The summed E-state index contributed by atoms with van der Waals surface area (Å²) >= 11 is 0. The molecule has 4 heteroatoms. The van der Waals surface area contributed by atoms with Gasteiger partial charge in [-0.1, -0.05) is 0 Å². The van der Waals surface area contributed by atoms with Gasteiger partial charge >= 0.3 is 0 Å². The molecule has 0 fully saturated rings. The van der Waals surface area contributed by atoms with Crippen LogP contribution in [0.1, 0.15) is 33.6 Å². The summed E-state index contributed by atoms with van der Waals surface area (Å²) < 4.78 is 0. The van der Waals surface area contributed by atoms with Crippen molar-refractivity contribution < 1.29 is 0 Å². The lowest BCUT2D eigenvalue weighted by Crippen LogP contribution is -2.30. The average Bonchev–Trinajstić information content (AvgIpc) is 2.57. The van der Waals surface area contributed by atoms with Crippen LogP contribution in [0.15, 0.2) is 57.7 Å². The van der Waals surface area contributed by atoms with Crippen molar-refractivity contribution in [1.82, 2.24) is 0 Å². The maximum Gasteiger partial charge on any atom is 0.0870 e. The molecule has 0 saturated heterocycles. The first-order valence-electron chi connectivity index (χ1n) is 8.77. The Labute approximate surface area is 144 Å². The van der Waals surface area contributed by atoms with Crippen LogP contribution in [-0.4, -0.2) is 30.6 Å². The van der Waals surface area contributed by atoms with Gasteiger partial charge in [-0.3, -0.25) is 4.99 Å². The van der Waals surface area contributed by atoms with E-state index in [1.54, 1.807) is 0 Å². The van der Waals surface area contributed by atoms with Crippen molar-refractivity contribution in [2.24, 2.45) is 15.7 Å². The lowest BCUT2D eigenvalue weighted by atomic mass is 9.94. The van der Waals surface area contributed by atoms with Crippen molar-refractivity contribution >= 4 is 22.8 Å². The molecule has 126 valence electrons. The van der Waals surface area contributed by atoms with Crippen molar-refractivity contribution in [2.75, 3.05) is 18.0 Å². The van der Waals surface area contributed by atoms with Crippen molar-refractivity contribution in [1.29, 1.82) is 0 Å². The predicted octanol–water partition coefficient (Wildman–Crippen LogP) is 4.01. The molecule has 0 radical (unpaired) electrons. The highest BCUT2D eigenvalue weighted by Gasteiger charge is 2.17. The summed E-state index contributed by atoms with van der Waals surface area (Å²) in [5.41, 5.74) is 12.1. The second-order valence-electron chi connectivity index (χ2n) is 6.53. The number of benzene rings is 1. The standard InChI is InChI=1S/C20H26N4/c1-4-24(14(2)3)17-9-7-16(8-10-17)23-20-12-15-6-5-11-22-19(15)13-18(20)21/h7-10,12-14H,4-6,11,21H2,1-3H3/b23-20-. The second kappa shape index (κ2) is 7.04. The number of fused-ring (bicyclic) bond motifs is 1. The van der Waals surface area contributed by atoms with E-state index >= 15 is 0 Å². The lowest BCUT2D eigenvalue weighted by molar-refractivity contribution is 0.704. The SMILES string of the molecule is CCN(c1ccc(/N=C2/C=C3CCCN=C3C=C2N)cc1)C(C)C. The fourth-order valence-corrected chi connectivity index (χ4v) is 3.25. The zero-order valence-corrected chi connectivity index (χ0v) is 14.8. The number of hydrogen-bond donors (Lipinski definition) is 1. The minimum atomic E-state index is 0.484. The van der Waals surface area contributed by atoms with Crippen molar-refractivity contribution in [3.63, 3.8) is 0 Å². The largest absolute Gasteiger partial charge is 0.397 e. The Bertz CT molecular complexity index is 721. The molecule has 0 unspecified atom stereocenters. The average molecular weight is 322 g/mol. The summed E-state index contributed by atoms with van der Waals surface area (Å²) in [5.74, 6) is 0. The quantitative estimate of drug-likeness (QED) is 0.852. The van der Waals surface area contributed by atoms with Crippen LogP contribution in [-0.2, 0) is 0 Å². The minimum Gasteiger partial charge on any atom is -0.397 e. The maximum absolute atomic E-state index is 6.17. The van der Waals surface area contributed by atoms with Crippen molar-refractivity contribution in [2.45, 2.75) is 39.7 Å². The molecule has 2 aliphatic rings. The third-order valence-corrected chi connectivity index (χ3v) is 4.51. The van der Waals surface area contributed by atoms with Crippen LogP contribution < -0.4 is 10.6 Å². The van der Waals surface area contributed by atoms with Gasteiger partial charge in [0.25, 0.3) is 0 Å². The number of nitrogens with two attached hydrogens (primary N) is 1. The fraction of sp³-hybridized carbons (Fsp3) is 0.400. The van der Waals surface area contributed by atoms with Gasteiger partial charge in [-0.15, -0.1) is 0 Å². The fourth-order valence-electron chi connectivity index (χ4n) is 3.25. The van der Waals surface area contributed by atoms with Crippen molar-refractivity contribution in [3.05, 3.63) is 47.7 Å². The molecular formula is C20H26N4. The van der Waals surface area contributed by atoms with E-state index < -0.39 is 0 Å². The topological polar surface area (TPSA) is 54.0 Å². The summed E-state index contributed by atoms with van der Waals surface area (Å²) in [6, 6.07) is 8.86. The molecule has 2 N–H and O–H groups in total. The molecule has 1 aromatic carbocycles. The third kappa shape index (κ3) is 3.42. The molecule has 0 saturated carbocycles.